The lowest BCUT2D eigenvalue weighted by Crippen LogP contribution is -2.01. The third kappa shape index (κ3) is 4.38. The van der Waals surface area contributed by atoms with Gasteiger partial charge in [-0.05, 0) is 72.8 Å². The molecule has 7 aromatic carbocycles. The monoisotopic (exact) mass is 616 g/mol. The molecule has 0 aliphatic carbocycles. The molecule has 0 saturated carbocycles. The SMILES string of the molecule is O=C(c1ccccc1)c1ccc2c(c1)c1cc3c(cc1n2-c1ccccc1)c1cc(C(=O)c2ccccc2)ccc1n3-c1ccccc1. The van der Waals surface area contributed by atoms with Crippen LogP contribution < -0.4 is 0 Å². The van der Waals surface area contributed by atoms with Crippen LogP contribution in [0.15, 0.2) is 170 Å². The molecular weight excluding hydrogens is 588 g/mol. The van der Waals surface area contributed by atoms with E-state index in [0.29, 0.717) is 22.3 Å². The van der Waals surface area contributed by atoms with Crippen LogP contribution in [-0.2, 0) is 0 Å². The van der Waals surface area contributed by atoms with Gasteiger partial charge in [-0.25, -0.2) is 0 Å². The predicted molar refractivity (Wildman–Crippen MR) is 195 cm³/mol. The van der Waals surface area contributed by atoms with Gasteiger partial charge in [-0.15, -0.1) is 0 Å². The van der Waals surface area contributed by atoms with Crippen LogP contribution in [0, 0.1) is 0 Å². The molecule has 0 bridgehead atoms. The normalized spacial score (nSPS) is 11.5. The molecule has 2 heterocycles. The quantitative estimate of drug-likeness (QED) is 0.175. The van der Waals surface area contributed by atoms with E-state index in [1.165, 1.54) is 0 Å². The van der Waals surface area contributed by atoms with Crippen LogP contribution in [0.25, 0.3) is 55.0 Å². The molecule has 9 aromatic rings. The molecule has 9 rings (SSSR count). The van der Waals surface area contributed by atoms with E-state index in [0.717, 1.165) is 55.0 Å². The Morgan fingerprint density at radius 1 is 0.312 bits per heavy atom. The molecule has 0 N–H and O–H groups in total. The highest BCUT2D eigenvalue weighted by atomic mass is 16.1. The largest absolute Gasteiger partial charge is 0.309 e. The number of benzene rings is 7. The number of nitrogens with zero attached hydrogens (tertiary/aromatic N) is 2. The van der Waals surface area contributed by atoms with Crippen LogP contribution in [0.5, 0.6) is 0 Å². The van der Waals surface area contributed by atoms with Crippen molar-refractivity contribution in [3.63, 3.8) is 0 Å². The van der Waals surface area contributed by atoms with Gasteiger partial charge in [0.25, 0.3) is 0 Å². The summed E-state index contributed by atoms with van der Waals surface area (Å²) >= 11 is 0. The second kappa shape index (κ2) is 11.1. The first kappa shape index (κ1) is 27.8. The molecule has 0 unspecified atom stereocenters. The molecule has 0 atom stereocenters. The van der Waals surface area contributed by atoms with Crippen LogP contribution in [0.4, 0.5) is 0 Å². The van der Waals surface area contributed by atoms with Crippen molar-refractivity contribution >= 4 is 55.2 Å². The Hall–Kier alpha value is -6.52. The van der Waals surface area contributed by atoms with Crippen molar-refractivity contribution in [2.24, 2.45) is 0 Å². The average Bonchev–Trinajstić information content (AvgIpc) is 3.65. The maximum atomic E-state index is 13.6. The minimum Gasteiger partial charge on any atom is -0.309 e. The fourth-order valence-electron chi connectivity index (χ4n) is 7.04. The third-order valence-corrected chi connectivity index (χ3v) is 9.28. The molecule has 0 aliphatic rings. The second-order valence-electron chi connectivity index (χ2n) is 12.1. The topological polar surface area (TPSA) is 44.0 Å². The molecule has 0 fully saturated rings. The third-order valence-electron chi connectivity index (χ3n) is 9.28. The lowest BCUT2D eigenvalue weighted by Gasteiger charge is -2.09. The van der Waals surface area contributed by atoms with E-state index in [2.05, 4.69) is 57.7 Å². The van der Waals surface area contributed by atoms with E-state index in [1.54, 1.807) is 0 Å². The number of para-hydroxylation sites is 2. The molecule has 226 valence electrons. The highest BCUT2D eigenvalue weighted by molar-refractivity contribution is 6.21. The van der Waals surface area contributed by atoms with Gasteiger partial charge in [0, 0.05) is 55.2 Å². The van der Waals surface area contributed by atoms with E-state index in [9.17, 15) is 9.59 Å². The van der Waals surface area contributed by atoms with Gasteiger partial charge in [-0.2, -0.15) is 0 Å². The maximum absolute atomic E-state index is 13.6. The first-order valence-corrected chi connectivity index (χ1v) is 16.0. The predicted octanol–water partition coefficient (Wildman–Crippen LogP) is 10.3. The van der Waals surface area contributed by atoms with Crippen LogP contribution in [-0.4, -0.2) is 20.7 Å². The zero-order valence-corrected chi connectivity index (χ0v) is 25.9. The van der Waals surface area contributed by atoms with Gasteiger partial charge in [-0.3, -0.25) is 9.59 Å². The van der Waals surface area contributed by atoms with E-state index < -0.39 is 0 Å². The van der Waals surface area contributed by atoms with Gasteiger partial charge < -0.3 is 9.13 Å². The summed E-state index contributed by atoms with van der Waals surface area (Å²) in [6, 6.07) is 56.0. The van der Waals surface area contributed by atoms with Crippen LogP contribution in [0.1, 0.15) is 31.8 Å². The molecule has 0 amide bonds. The second-order valence-corrected chi connectivity index (χ2v) is 12.1. The summed E-state index contributed by atoms with van der Waals surface area (Å²) in [6.45, 7) is 0. The summed E-state index contributed by atoms with van der Waals surface area (Å²) in [5.41, 5.74) is 8.78. The van der Waals surface area contributed by atoms with E-state index >= 15 is 0 Å². The van der Waals surface area contributed by atoms with Crippen LogP contribution >= 0.6 is 0 Å². The number of hydrogen-bond acceptors (Lipinski definition) is 2. The van der Waals surface area contributed by atoms with Gasteiger partial charge >= 0.3 is 0 Å². The number of ketones is 2. The van der Waals surface area contributed by atoms with Crippen LogP contribution in [0.3, 0.4) is 0 Å². The Kier molecular flexibility index (Phi) is 6.41. The maximum Gasteiger partial charge on any atom is 0.193 e. The van der Waals surface area contributed by atoms with Crippen molar-refractivity contribution in [3.05, 3.63) is 192 Å². The Balaban J connectivity index is 1.37. The minimum atomic E-state index is -0.00630. The van der Waals surface area contributed by atoms with Gasteiger partial charge in [-0.1, -0.05) is 97.1 Å². The summed E-state index contributed by atoms with van der Waals surface area (Å²) in [5, 5.41) is 4.10. The number of rotatable bonds is 6. The highest BCUT2D eigenvalue weighted by Crippen LogP contribution is 2.40. The van der Waals surface area contributed by atoms with Crippen molar-refractivity contribution < 1.29 is 9.59 Å². The first-order valence-electron chi connectivity index (χ1n) is 16.0. The van der Waals surface area contributed by atoms with Crippen molar-refractivity contribution in [1.82, 2.24) is 9.13 Å². The lowest BCUT2D eigenvalue weighted by molar-refractivity contribution is 0.103. The number of hydrogen-bond donors (Lipinski definition) is 0. The summed E-state index contributed by atoms with van der Waals surface area (Å²) < 4.78 is 4.54. The Morgan fingerprint density at radius 2 is 0.646 bits per heavy atom. The molecule has 48 heavy (non-hydrogen) atoms. The molecular formula is C44H28N2O2. The number of aromatic nitrogens is 2. The Labute approximate surface area is 276 Å². The lowest BCUT2D eigenvalue weighted by atomic mass is 10.00. The van der Waals surface area contributed by atoms with Gasteiger partial charge in [0.1, 0.15) is 0 Å². The van der Waals surface area contributed by atoms with Crippen molar-refractivity contribution in [3.8, 4) is 11.4 Å². The standard InChI is InChI=1S/C44H28N2O2/c47-43(29-13-5-1-6-14-29)31-21-23-39-35(25-31)37-27-42-38(28-41(37)45(39)33-17-9-3-10-18-33)36-26-32(44(48)30-15-7-2-8-16-30)22-24-40(36)46(42)34-19-11-4-12-20-34/h1-28H. The summed E-state index contributed by atoms with van der Waals surface area (Å²) in [5.74, 6) is -0.0126. The van der Waals surface area contributed by atoms with Crippen molar-refractivity contribution in [2.45, 2.75) is 0 Å². The molecule has 4 nitrogen and oxygen atoms in total. The summed E-state index contributed by atoms with van der Waals surface area (Å²) in [7, 11) is 0. The van der Waals surface area contributed by atoms with E-state index in [4.69, 9.17) is 0 Å². The summed E-state index contributed by atoms with van der Waals surface area (Å²) in [6.07, 6.45) is 0. The number of carbonyl (C=O) groups excluding carboxylic acids is 2. The number of carbonyl (C=O) groups is 2. The van der Waals surface area contributed by atoms with Crippen molar-refractivity contribution in [1.29, 1.82) is 0 Å². The van der Waals surface area contributed by atoms with E-state index in [-0.39, 0.29) is 11.6 Å². The number of fused-ring (bicyclic) bond motifs is 6. The van der Waals surface area contributed by atoms with E-state index in [1.807, 2.05) is 121 Å². The molecule has 2 aromatic heterocycles. The fourth-order valence-corrected chi connectivity index (χ4v) is 7.04. The van der Waals surface area contributed by atoms with Gasteiger partial charge in [0.05, 0.1) is 22.1 Å². The molecule has 0 radical (unpaired) electrons. The zero-order valence-electron chi connectivity index (χ0n) is 25.9. The highest BCUT2D eigenvalue weighted by Gasteiger charge is 2.21. The Morgan fingerprint density at radius 3 is 1.02 bits per heavy atom. The van der Waals surface area contributed by atoms with Crippen LogP contribution in [0.2, 0.25) is 0 Å². The molecule has 0 aliphatic heterocycles. The van der Waals surface area contributed by atoms with Gasteiger partial charge in [0.2, 0.25) is 0 Å². The smallest absolute Gasteiger partial charge is 0.193 e. The van der Waals surface area contributed by atoms with Crippen molar-refractivity contribution in [2.75, 3.05) is 0 Å². The Bertz CT molecular complexity index is 2480. The molecule has 0 spiro atoms. The minimum absolute atomic E-state index is 0.00630. The molecule has 0 saturated heterocycles. The zero-order chi connectivity index (χ0) is 32.2. The molecule has 4 heteroatoms. The summed E-state index contributed by atoms with van der Waals surface area (Å²) in [4.78, 5) is 27.2. The first-order chi connectivity index (χ1) is 23.7. The fraction of sp³-hybridized carbons (Fsp3) is 0. The van der Waals surface area contributed by atoms with Gasteiger partial charge in [0.15, 0.2) is 11.6 Å². The average molecular weight is 617 g/mol.